The normalized spacial score (nSPS) is 25.9. The van der Waals surface area contributed by atoms with Gasteiger partial charge in [0.1, 0.15) is 6.61 Å². The van der Waals surface area contributed by atoms with Crippen molar-refractivity contribution in [2.75, 3.05) is 13.2 Å². The summed E-state index contributed by atoms with van der Waals surface area (Å²) >= 11 is 0. The Bertz CT molecular complexity index is 143. The molecule has 0 radical (unpaired) electrons. The van der Waals surface area contributed by atoms with Gasteiger partial charge < -0.3 is 5.11 Å². The highest BCUT2D eigenvalue weighted by Crippen LogP contribution is 1.99. The molecule has 1 rings (SSSR count). The summed E-state index contributed by atoms with van der Waals surface area (Å²) in [6, 6.07) is -0.515. The smallest absolute Gasteiger partial charge is 0.298 e. The molecule has 0 saturated carbocycles. The molecule has 1 N–H and O–H groups in total. The third-order valence-electron chi connectivity index (χ3n) is 1.11. The molecule has 4 heteroatoms. The van der Waals surface area contributed by atoms with E-state index in [2.05, 4.69) is 4.84 Å². The zero-order valence-electron chi connectivity index (χ0n) is 4.86. The van der Waals surface area contributed by atoms with Crippen LogP contribution in [0, 0.1) is 4.91 Å². The maximum atomic E-state index is 10.5. The van der Waals surface area contributed by atoms with Crippen molar-refractivity contribution >= 4 is 0 Å². The SMILES string of the molecule is O=[N+]1OCC=CC1CO. The van der Waals surface area contributed by atoms with Crippen molar-refractivity contribution in [1.82, 2.24) is 0 Å². The van der Waals surface area contributed by atoms with Gasteiger partial charge in [0.05, 0.1) is 4.91 Å². The van der Waals surface area contributed by atoms with E-state index in [-0.39, 0.29) is 6.61 Å². The van der Waals surface area contributed by atoms with Gasteiger partial charge in [-0.05, 0) is 12.2 Å². The molecule has 0 aliphatic carbocycles. The summed E-state index contributed by atoms with van der Waals surface area (Å²) in [5.41, 5.74) is 0. The van der Waals surface area contributed by atoms with E-state index in [4.69, 9.17) is 5.11 Å². The first-order valence-electron chi connectivity index (χ1n) is 2.71. The fourth-order valence-electron chi connectivity index (χ4n) is 0.623. The second-order valence-electron chi connectivity index (χ2n) is 1.76. The van der Waals surface area contributed by atoms with Crippen LogP contribution >= 0.6 is 0 Å². The number of nitrogens with zero attached hydrogens (tertiary/aromatic N) is 1. The number of aliphatic hydroxyl groups is 1. The van der Waals surface area contributed by atoms with Crippen molar-refractivity contribution in [3.63, 3.8) is 0 Å². The third-order valence-corrected chi connectivity index (χ3v) is 1.11. The standard InChI is InChI=1S/C5H8NO3/c7-4-5-2-1-3-9-6(5)8/h1-2,5,7H,3-4H2/q+1. The van der Waals surface area contributed by atoms with Gasteiger partial charge in [-0.3, -0.25) is 0 Å². The quantitative estimate of drug-likeness (QED) is 0.492. The van der Waals surface area contributed by atoms with Crippen LogP contribution in [0.15, 0.2) is 12.2 Å². The highest BCUT2D eigenvalue weighted by atomic mass is 16.8. The Morgan fingerprint density at radius 1 is 1.89 bits per heavy atom. The average Bonchev–Trinajstić information content (AvgIpc) is 1.89. The largest absolute Gasteiger partial charge is 0.389 e. The van der Waals surface area contributed by atoms with Gasteiger partial charge in [0.2, 0.25) is 4.92 Å². The highest BCUT2D eigenvalue weighted by molar-refractivity contribution is 4.89. The molecule has 1 atom stereocenters. The van der Waals surface area contributed by atoms with E-state index in [0.717, 1.165) is 0 Å². The molecule has 1 aliphatic rings. The summed E-state index contributed by atoms with van der Waals surface area (Å²) in [5.74, 6) is 0. The fourth-order valence-corrected chi connectivity index (χ4v) is 0.623. The Hall–Kier alpha value is -0.900. The minimum absolute atomic E-state index is 0.194. The molecule has 0 bridgehead atoms. The topological polar surface area (TPSA) is 49.5 Å². The molecule has 9 heavy (non-hydrogen) atoms. The van der Waals surface area contributed by atoms with E-state index in [1.165, 1.54) is 0 Å². The van der Waals surface area contributed by atoms with Crippen molar-refractivity contribution in [3.8, 4) is 0 Å². The predicted octanol–water partition coefficient (Wildman–Crippen LogP) is -0.372. The summed E-state index contributed by atoms with van der Waals surface area (Å²) in [4.78, 5) is 15.4. The molecule has 1 unspecified atom stereocenters. The molecule has 1 heterocycles. The van der Waals surface area contributed by atoms with Gasteiger partial charge in [0.25, 0.3) is 6.04 Å². The first-order valence-corrected chi connectivity index (χ1v) is 2.71. The van der Waals surface area contributed by atoms with Gasteiger partial charge in [0, 0.05) is 0 Å². The predicted molar refractivity (Wildman–Crippen MR) is 29.6 cm³/mol. The lowest BCUT2D eigenvalue weighted by Gasteiger charge is -2.02. The van der Waals surface area contributed by atoms with Gasteiger partial charge >= 0.3 is 0 Å². The first kappa shape index (κ1) is 6.22. The zero-order chi connectivity index (χ0) is 6.69. The van der Waals surface area contributed by atoms with Crippen molar-refractivity contribution < 1.29 is 14.9 Å². The third kappa shape index (κ3) is 1.26. The van der Waals surface area contributed by atoms with Crippen LogP contribution < -0.4 is 0 Å². The minimum atomic E-state index is -0.515. The highest BCUT2D eigenvalue weighted by Gasteiger charge is 2.26. The van der Waals surface area contributed by atoms with Gasteiger partial charge in [0.15, 0.2) is 6.61 Å². The van der Waals surface area contributed by atoms with Crippen LogP contribution in [-0.4, -0.2) is 29.3 Å². The summed E-state index contributed by atoms with van der Waals surface area (Å²) in [6.07, 6.45) is 3.33. The van der Waals surface area contributed by atoms with E-state index < -0.39 is 6.04 Å². The van der Waals surface area contributed by atoms with Crippen LogP contribution in [0.2, 0.25) is 0 Å². The van der Waals surface area contributed by atoms with Crippen molar-refractivity contribution in [2.45, 2.75) is 6.04 Å². The van der Waals surface area contributed by atoms with E-state index >= 15 is 0 Å². The van der Waals surface area contributed by atoms with E-state index in [9.17, 15) is 4.91 Å². The molecule has 0 aromatic rings. The van der Waals surface area contributed by atoms with Crippen molar-refractivity contribution in [2.24, 2.45) is 0 Å². The minimum Gasteiger partial charge on any atom is -0.389 e. The Morgan fingerprint density at radius 2 is 2.67 bits per heavy atom. The fraction of sp³-hybridized carbons (Fsp3) is 0.600. The number of hydrogen-bond donors (Lipinski definition) is 1. The molecule has 0 amide bonds. The summed E-state index contributed by atoms with van der Waals surface area (Å²) in [7, 11) is 0. The van der Waals surface area contributed by atoms with Gasteiger partial charge in [-0.2, -0.15) is 0 Å². The number of hydrogen-bond acceptors (Lipinski definition) is 3. The lowest BCUT2D eigenvalue weighted by molar-refractivity contribution is -0.821. The van der Waals surface area contributed by atoms with E-state index in [1.54, 1.807) is 12.2 Å². The lowest BCUT2D eigenvalue weighted by atomic mass is 10.3. The Morgan fingerprint density at radius 3 is 3.11 bits per heavy atom. The van der Waals surface area contributed by atoms with Crippen molar-refractivity contribution in [3.05, 3.63) is 17.1 Å². The molecule has 4 nitrogen and oxygen atoms in total. The van der Waals surface area contributed by atoms with Gasteiger partial charge in [-0.25, -0.2) is 4.84 Å². The maximum absolute atomic E-state index is 10.5. The number of rotatable bonds is 1. The van der Waals surface area contributed by atoms with Gasteiger partial charge in [-0.1, -0.05) is 0 Å². The number of aliphatic hydroxyl groups excluding tert-OH is 1. The monoisotopic (exact) mass is 130 g/mol. The molecule has 0 aromatic heterocycles. The summed E-state index contributed by atoms with van der Waals surface area (Å²) < 4.78 is 0. The van der Waals surface area contributed by atoms with Crippen LogP contribution in [0.5, 0.6) is 0 Å². The Kier molecular flexibility index (Phi) is 1.79. The first-order chi connectivity index (χ1) is 4.34. The summed E-state index contributed by atoms with van der Waals surface area (Å²) in [5, 5.41) is 8.49. The Balaban J connectivity index is 2.57. The van der Waals surface area contributed by atoms with Crippen LogP contribution in [-0.2, 0) is 4.84 Å². The molecular formula is C5H8NO3+. The van der Waals surface area contributed by atoms with Crippen LogP contribution in [0.3, 0.4) is 0 Å². The summed E-state index contributed by atoms with van der Waals surface area (Å²) in [6.45, 7) is 0.111. The molecule has 0 fully saturated rings. The van der Waals surface area contributed by atoms with Crippen LogP contribution in [0.4, 0.5) is 0 Å². The molecule has 0 spiro atoms. The molecular weight excluding hydrogens is 122 g/mol. The average molecular weight is 130 g/mol. The van der Waals surface area contributed by atoms with E-state index in [1.807, 2.05) is 0 Å². The van der Waals surface area contributed by atoms with Crippen molar-refractivity contribution in [1.29, 1.82) is 0 Å². The maximum Gasteiger partial charge on any atom is 0.298 e. The Labute approximate surface area is 52.3 Å². The zero-order valence-corrected chi connectivity index (χ0v) is 4.86. The van der Waals surface area contributed by atoms with Crippen LogP contribution in [0.25, 0.3) is 0 Å². The molecule has 1 aliphatic heterocycles. The second kappa shape index (κ2) is 2.59. The van der Waals surface area contributed by atoms with Crippen LogP contribution in [0.1, 0.15) is 0 Å². The lowest BCUT2D eigenvalue weighted by Crippen LogP contribution is -2.29. The second-order valence-corrected chi connectivity index (χ2v) is 1.76. The molecule has 0 aromatic carbocycles. The van der Waals surface area contributed by atoms with Gasteiger partial charge in [-0.15, -0.1) is 0 Å². The molecule has 0 saturated heterocycles. The molecule has 50 valence electrons. The van der Waals surface area contributed by atoms with E-state index in [0.29, 0.717) is 11.5 Å².